The van der Waals surface area contributed by atoms with Crippen LogP contribution in [0.1, 0.15) is 6.42 Å². The predicted octanol–water partition coefficient (Wildman–Crippen LogP) is 2.97. The van der Waals surface area contributed by atoms with Crippen molar-refractivity contribution in [3.8, 4) is 22.8 Å². The number of hydrogen-bond donors (Lipinski definition) is 1. The second-order valence-electron chi connectivity index (χ2n) is 3.98. The molecule has 3 rings (SSSR count). The molecule has 4 nitrogen and oxygen atoms in total. The van der Waals surface area contributed by atoms with Gasteiger partial charge in [-0.05, 0) is 18.2 Å². The van der Waals surface area contributed by atoms with Gasteiger partial charge in [-0.25, -0.2) is 0 Å². The topological polar surface area (TPSA) is 47.1 Å². The Hall–Kier alpha value is -1.88. The Morgan fingerprint density at radius 3 is 2.83 bits per heavy atom. The van der Waals surface area contributed by atoms with Crippen LogP contribution in [0.2, 0.25) is 0 Å². The molecule has 2 heterocycles. The fraction of sp³-hybridized carbons (Fsp3) is 0.231. The largest absolute Gasteiger partial charge is 0.490 e. The van der Waals surface area contributed by atoms with Crippen LogP contribution in [-0.4, -0.2) is 23.2 Å². The van der Waals surface area contributed by atoms with Gasteiger partial charge in [-0.3, -0.25) is 4.98 Å². The van der Waals surface area contributed by atoms with E-state index in [4.69, 9.17) is 21.7 Å². The first-order valence-corrected chi connectivity index (χ1v) is 6.19. The van der Waals surface area contributed by atoms with Crippen molar-refractivity contribution in [3.63, 3.8) is 0 Å². The summed E-state index contributed by atoms with van der Waals surface area (Å²) in [6.07, 6.45) is 4.30. The number of hydrogen-bond acceptors (Lipinski definition) is 4. The highest BCUT2D eigenvalue weighted by molar-refractivity contribution is 7.71. The molecule has 1 aliphatic rings. The number of benzene rings is 1. The van der Waals surface area contributed by atoms with E-state index in [0.29, 0.717) is 17.9 Å². The highest BCUT2D eigenvalue weighted by Crippen LogP contribution is 2.33. The van der Waals surface area contributed by atoms with E-state index in [1.807, 2.05) is 18.2 Å². The van der Waals surface area contributed by atoms with Gasteiger partial charge in [0.05, 0.1) is 13.2 Å². The Labute approximate surface area is 110 Å². The van der Waals surface area contributed by atoms with Gasteiger partial charge in [-0.15, -0.1) is 0 Å². The third-order valence-corrected chi connectivity index (χ3v) is 3.04. The van der Waals surface area contributed by atoms with Gasteiger partial charge in [0, 0.05) is 24.4 Å². The summed E-state index contributed by atoms with van der Waals surface area (Å²) < 4.78 is 11.9. The molecule has 0 saturated carbocycles. The smallest absolute Gasteiger partial charge is 0.161 e. The monoisotopic (exact) mass is 260 g/mol. The molecule has 0 radical (unpaired) electrons. The summed E-state index contributed by atoms with van der Waals surface area (Å²) in [4.78, 5) is 7.26. The van der Waals surface area contributed by atoms with Crippen LogP contribution in [0.5, 0.6) is 11.5 Å². The first-order valence-electron chi connectivity index (χ1n) is 5.78. The van der Waals surface area contributed by atoms with Gasteiger partial charge in [0.1, 0.15) is 10.3 Å². The average Bonchev–Trinajstić information content (AvgIpc) is 2.63. The molecule has 5 heteroatoms. The molecule has 0 amide bonds. The molecule has 0 atom stereocenters. The third kappa shape index (κ3) is 2.09. The summed E-state index contributed by atoms with van der Waals surface area (Å²) in [7, 11) is 0. The predicted molar refractivity (Wildman–Crippen MR) is 70.5 cm³/mol. The summed E-state index contributed by atoms with van der Waals surface area (Å²) in [5.74, 6) is 1.53. The Balaban J connectivity index is 2.07. The minimum Gasteiger partial charge on any atom is -0.490 e. The van der Waals surface area contributed by atoms with Gasteiger partial charge in [-0.2, -0.15) is 0 Å². The molecular formula is C13H12N2O2S. The first kappa shape index (κ1) is 11.2. The van der Waals surface area contributed by atoms with Gasteiger partial charge in [0.15, 0.2) is 11.5 Å². The van der Waals surface area contributed by atoms with Crippen molar-refractivity contribution in [2.24, 2.45) is 0 Å². The van der Waals surface area contributed by atoms with Crippen molar-refractivity contribution in [2.45, 2.75) is 6.42 Å². The van der Waals surface area contributed by atoms with E-state index in [-0.39, 0.29) is 0 Å². The molecule has 1 aromatic heterocycles. The van der Waals surface area contributed by atoms with E-state index in [2.05, 4.69) is 9.97 Å². The maximum atomic E-state index is 5.65. The van der Waals surface area contributed by atoms with Crippen molar-refractivity contribution in [2.75, 3.05) is 13.2 Å². The summed E-state index contributed by atoms with van der Waals surface area (Å²) >= 11 is 5.23. The van der Waals surface area contributed by atoms with Crippen LogP contribution >= 0.6 is 12.2 Å². The van der Waals surface area contributed by atoms with Crippen LogP contribution in [-0.2, 0) is 0 Å². The Kier molecular flexibility index (Phi) is 2.98. The molecular weight excluding hydrogens is 248 g/mol. The maximum Gasteiger partial charge on any atom is 0.161 e. The third-order valence-electron chi connectivity index (χ3n) is 2.73. The molecule has 1 aromatic carbocycles. The summed E-state index contributed by atoms with van der Waals surface area (Å²) in [6, 6.07) is 5.77. The molecule has 0 aliphatic carbocycles. The van der Waals surface area contributed by atoms with E-state index in [1.54, 1.807) is 12.4 Å². The minimum atomic E-state index is 0.618. The van der Waals surface area contributed by atoms with Gasteiger partial charge in [0.2, 0.25) is 0 Å². The number of fused-ring (bicyclic) bond motifs is 1. The number of ether oxygens (including phenoxy) is 2. The first-order chi connectivity index (χ1) is 8.84. The standard InChI is InChI=1S/C13H12N2O2S/c18-13-12(14-4-5-15-13)9-2-3-10-11(8-9)17-7-1-6-16-10/h2-5,8H,1,6-7H2,(H,15,18). The molecule has 1 aliphatic heterocycles. The number of nitrogens with zero attached hydrogens (tertiary/aromatic N) is 1. The van der Waals surface area contributed by atoms with E-state index < -0.39 is 0 Å². The quantitative estimate of drug-likeness (QED) is 0.801. The van der Waals surface area contributed by atoms with Crippen LogP contribution < -0.4 is 9.47 Å². The van der Waals surface area contributed by atoms with Gasteiger partial charge in [0.25, 0.3) is 0 Å². The molecule has 18 heavy (non-hydrogen) atoms. The normalized spacial score (nSPS) is 14.0. The molecule has 0 saturated heterocycles. The zero-order chi connectivity index (χ0) is 12.4. The fourth-order valence-electron chi connectivity index (χ4n) is 1.87. The van der Waals surface area contributed by atoms with Crippen LogP contribution in [0.25, 0.3) is 11.3 Å². The molecule has 0 spiro atoms. The zero-order valence-corrected chi connectivity index (χ0v) is 10.5. The van der Waals surface area contributed by atoms with Crippen molar-refractivity contribution in [3.05, 3.63) is 35.2 Å². The number of nitrogens with one attached hydrogen (secondary N) is 1. The molecule has 0 bridgehead atoms. The number of H-pyrrole nitrogens is 1. The Bertz CT molecular complexity index is 624. The Morgan fingerprint density at radius 1 is 1.17 bits per heavy atom. The van der Waals surface area contributed by atoms with Crippen molar-refractivity contribution < 1.29 is 9.47 Å². The number of aromatic nitrogens is 2. The second kappa shape index (κ2) is 4.78. The zero-order valence-electron chi connectivity index (χ0n) is 9.68. The minimum absolute atomic E-state index is 0.618. The highest BCUT2D eigenvalue weighted by atomic mass is 32.1. The van der Waals surface area contributed by atoms with Crippen LogP contribution in [0, 0.1) is 4.64 Å². The van der Waals surface area contributed by atoms with Crippen LogP contribution in [0.15, 0.2) is 30.6 Å². The SMILES string of the molecule is S=c1[nH]ccnc1-c1ccc2c(c1)OCCCO2. The van der Waals surface area contributed by atoms with Gasteiger partial charge in [-0.1, -0.05) is 12.2 Å². The number of rotatable bonds is 1. The summed E-state index contributed by atoms with van der Waals surface area (Å²) in [6.45, 7) is 1.36. The van der Waals surface area contributed by atoms with Gasteiger partial charge >= 0.3 is 0 Å². The van der Waals surface area contributed by atoms with Crippen molar-refractivity contribution >= 4 is 12.2 Å². The lowest BCUT2D eigenvalue weighted by Crippen LogP contribution is -1.97. The van der Waals surface area contributed by atoms with E-state index in [9.17, 15) is 0 Å². The van der Waals surface area contributed by atoms with E-state index in [0.717, 1.165) is 29.2 Å². The molecule has 92 valence electrons. The average molecular weight is 260 g/mol. The number of aromatic amines is 1. The van der Waals surface area contributed by atoms with E-state index in [1.165, 1.54) is 0 Å². The molecule has 2 aromatic rings. The summed E-state index contributed by atoms with van der Waals surface area (Å²) in [5.41, 5.74) is 1.68. The Morgan fingerprint density at radius 2 is 2.00 bits per heavy atom. The lowest BCUT2D eigenvalue weighted by atomic mass is 10.1. The van der Waals surface area contributed by atoms with Crippen LogP contribution in [0.4, 0.5) is 0 Å². The highest BCUT2D eigenvalue weighted by Gasteiger charge is 2.12. The molecule has 0 fully saturated rings. The lowest BCUT2D eigenvalue weighted by molar-refractivity contribution is 0.297. The molecule has 0 unspecified atom stereocenters. The fourth-order valence-corrected chi connectivity index (χ4v) is 2.11. The maximum absolute atomic E-state index is 5.65. The second-order valence-corrected chi connectivity index (χ2v) is 4.39. The van der Waals surface area contributed by atoms with Crippen molar-refractivity contribution in [1.29, 1.82) is 0 Å². The summed E-state index contributed by atoms with van der Waals surface area (Å²) in [5, 5.41) is 0. The van der Waals surface area contributed by atoms with Crippen molar-refractivity contribution in [1.82, 2.24) is 9.97 Å². The molecule has 1 N–H and O–H groups in total. The van der Waals surface area contributed by atoms with E-state index >= 15 is 0 Å². The van der Waals surface area contributed by atoms with Crippen LogP contribution in [0.3, 0.4) is 0 Å². The lowest BCUT2D eigenvalue weighted by Gasteiger charge is -2.08. The van der Waals surface area contributed by atoms with Gasteiger partial charge < -0.3 is 14.5 Å².